The molecule has 0 spiro atoms. The summed E-state index contributed by atoms with van der Waals surface area (Å²) in [5, 5.41) is 11.2. The number of primary amides is 1. The molecule has 5 nitrogen and oxygen atoms in total. The van der Waals surface area contributed by atoms with E-state index in [1.54, 1.807) is 11.6 Å². The van der Waals surface area contributed by atoms with E-state index in [1.165, 1.54) is 18.3 Å². The number of nitrogens with zero attached hydrogens (tertiary/aromatic N) is 1. The van der Waals surface area contributed by atoms with Gasteiger partial charge in [0.25, 0.3) is 0 Å². The van der Waals surface area contributed by atoms with E-state index in [2.05, 4.69) is 4.98 Å². The standard InChI is InChI=1S/C8H10N2O3S/c1-8(6(9)11,7(12)13)4-5-10-2-3-14-5/h2-3H,4H2,1H3,(H2,9,11)(H,12,13). The van der Waals surface area contributed by atoms with Crippen LogP contribution in [-0.4, -0.2) is 22.0 Å². The number of carbonyl (C=O) groups is 2. The minimum absolute atomic E-state index is 0.0370. The Bertz CT molecular complexity index is 333. The fraction of sp³-hybridized carbons (Fsp3) is 0.375. The van der Waals surface area contributed by atoms with Crippen molar-refractivity contribution in [3.05, 3.63) is 16.6 Å². The summed E-state index contributed by atoms with van der Waals surface area (Å²) >= 11 is 1.30. The molecule has 0 saturated carbocycles. The van der Waals surface area contributed by atoms with Gasteiger partial charge in [-0.05, 0) is 6.92 Å². The van der Waals surface area contributed by atoms with E-state index in [4.69, 9.17) is 10.8 Å². The highest BCUT2D eigenvalue weighted by Crippen LogP contribution is 2.23. The number of thiazole rings is 1. The predicted octanol–water partition coefficient (Wildman–Crippen LogP) is 0.262. The molecule has 0 aromatic carbocycles. The number of aromatic nitrogens is 1. The summed E-state index contributed by atoms with van der Waals surface area (Å²) in [6.45, 7) is 1.30. The van der Waals surface area contributed by atoms with Crippen molar-refractivity contribution in [2.75, 3.05) is 0 Å². The van der Waals surface area contributed by atoms with Crippen LogP contribution in [0.5, 0.6) is 0 Å². The Labute approximate surface area is 84.6 Å². The van der Waals surface area contributed by atoms with Gasteiger partial charge in [-0.15, -0.1) is 11.3 Å². The highest BCUT2D eigenvalue weighted by Gasteiger charge is 2.40. The van der Waals surface area contributed by atoms with Crippen LogP contribution in [0, 0.1) is 5.41 Å². The van der Waals surface area contributed by atoms with Gasteiger partial charge in [0, 0.05) is 18.0 Å². The van der Waals surface area contributed by atoms with Crippen molar-refractivity contribution < 1.29 is 14.7 Å². The van der Waals surface area contributed by atoms with Crippen molar-refractivity contribution in [1.82, 2.24) is 4.98 Å². The molecule has 0 aliphatic rings. The number of amides is 1. The van der Waals surface area contributed by atoms with Crippen molar-refractivity contribution in [3.8, 4) is 0 Å². The summed E-state index contributed by atoms with van der Waals surface area (Å²) in [7, 11) is 0. The first-order valence-corrected chi connectivity index (χ1v) is 4.76. The van der Waals surface area contributed by atoms with Crippen molar-refractivity contribution in [2.24, 2.45) is 11.1 Å². The fourth-order valence-corrected chi connectivity index (χ4v) is 1.68. The molecule has 0 radical (unpaired) electrons. The van der Waals surface area contributed by atoms with Crippen LogP contribution in [0.4, 0.5) is 0 Å². The number of hydrogen-bond acceptors (Lipinski definition) is 4. The second kappa shape index (κ2) is 3.75. The maximum absolute atomic E-state index is 11.0. The molecular formula is C8H10N2O3S. The smallest absolute Gasteiger partial charge is 0.319 e. The molecular weight excluding hydrogens is 204 g/mol. The quantitative estimate of drug-likeness (QED) is 0.703. The highest BCUT2D eigenvalue weighted by atomic mass is 32.1. The second-order valence-electron chi connectivity index (χ2n) is 3.10. The molecule has 1 heterocycles. The Kier molecular flexibility index (Phi) is 2.85. The lowest BCUT2D eigenvalue weighted by Crippen LogP contribution is -2.43. The first-order chi connectivity index (χ1) is 6.47. The summed E-state index contributed by atoms with van der Waals surface area (Å²) in [6.07, 6.45) is 1.60. The largest absolute Gasteiger partial charge is 0.480 e. The van der Waals surface area contributed by atoms with Gasteiger partial charge in [0.15, 0.2) is 0 Å². The lowest BCUT2D eigenvalue weighted by molar-refractivity contribution is -0.153. The van der Waals surface area contributed by atoms with Crippen LogP contribution in [0.15, 0.2) is 11.6 Å². The van der Waals surface area contributed by atoms with E-state index >= 15 is 0 Å². The Balaban J connectivity index is 2.91. The average molecular weight is 214 g/mol. The number of carboxylic acid groups (broad SMARTS) is 1. The van der Waals surface area contributed by atoms with Gasteiger partial charge in [0.2, 0.25) is 5.91 Å². The fourth-order valence-electron chi connectivity index (χ4n) is 0.911. The number of carbonyl (C=O) groups excluding carboxylic acids is 1. The molecule has 0 saturated heterocycles. The van der Waals surface area contributed by atoms with Crippen molar-refractivity contribution >= 4 is 23.2 Å². The SMILES string of the molecule is CC(Cc1nccs1)(C(N)=O)C(=O)O. The molecule has 1 amide bonds. The van der Waals surface area contributed by atoms with Crippen LogP contribution in [-0.2, 0) is 16.0 Å². The molecule has 0 bridgehead atoms. The normalized spacial score (nSPS) is 14.6. The number of carboxylic acids is 1. The molecule has 14 heavy (non-hydrogen) atoms. The van der Waals surface area contributed by atoms with Gasteiger partial charge in [0.1, 0.15) is 5.41 Å². The molecule has 1 aromatic rings. The maximum atomic E-state index is 11.0. The average Bonchev–Trinajstić information content (AvgIpc) is 2.55. The first kappa shape index (κ1) is 10.6. The molecule has 0 fully saturated rings. The monoisotopic (exact) mass is 214 g/mol. The van der Waals surface area contributed by atoms with Crippen LogP contribution in [0.3, 0.4) is 0 Å². The van der Waals surface area contributed by atoms with E-state index < -0.39 is 17.3 Å². The Morgan fingerprint density at radius 3 is 2.71 bits per heavy atom. The van der Waals surface area contributed by atoms with Gasteiger partial charge in [-0.25, -0.2) is 4.98 Å². The van der Waals surface area contributed by atoms with Crippen LogP contribution >= 0.6 is 11.3 Å². The van der Waals surface area contributed by atoms with Gasteiger partial charge in [-0.2, -0.15) is 0 Å². The minimum Gasteiger partial charge on any atom is -0.480 e. The van der Waals surface area contributed by atoms with Gasteiger partial charge >= 0.3 is 5.97 Å². The van der Waals surface area contributed by atoms with Crippen LogP contribution < -0.4 is 5.73 Å². The van der Waals surface area contributed by atoms with Crippen LogP contribution in [0.1, 0.15) is 11.9 Å². The van der Waals surface area contributed by atoms with Crippen LogP contribution in [0.25, 0.3) is 0 Å². The molecule has 3 N–H and O–H groups in total. The summed E-state index contributed by atoms with van der Waals surface area (Å²) in [6, 6.07) is 0. The molecule has 0 aliphatic heterocycles. The van der Waals surface area contributed by atoms with Crippen molar-refractivity contribution in [3.63, 3.8) is 0 Å². The topological polar surface area (TPSA) is 93.3 Å². The third-order valence-corrected chi connectivity index (χ3v) is 2.78. The maximum Gasteiger partial charge on any atom is 0.319 e. The van der Waals surface area contributed by atoms with Crippen molar-refractivity contribution in [1.29, 1.82) is 0 Å². The van der Waals surface area contributed by atoms with Gasteiger partial charge in [-0.1, -0.05) is 0 Å². The summed E-state index contributed by atoms with van der Waals surface area (Å²) < 4.78 is 0. The van der Waals surface area contributed by atoms with Gasteiger partial charge in [0.05, 0.1) is 5.01 Å². The summed E-state index contributed by atoms with van der Waals surface area (Å²) in [4.78, 5) is 25.8. The van der Waals surface area contributed by atoms with E-state index in [1.807, 2.05) is 0 Å². The Hall–Kier alpha value is -1.43. The lowest BCUT2D eigenvalue weighted by atomic mass is 9.86. The Morgan fingerprint density at radius 1 is 1.71 bits per heavy atom. The number of hydrogen-bond donors (Lipinski definition) is 2. The Morgan fingerprint density at radius 2 is 2.36 bits per heavy atom. The summed E-state index contributed by atoms with van der Waals surface area (Å²) in [5.41, 5.74) is 3.47. The highest BCUT2D eigenvalue weighted by molar-refractivity contribution is 7.09. The molecule has 1 unspecified atom stereocenters. The van der Waals surface area contributed by atoms with Gasteiger partial charge in [-0.3, -0.25) is 9.59 Å². The molecule has 76 valence electrons. The summed E-state index contributed by atoms with van der Waals surface area (Å²) in [5.74, 6) is -2.07. The van der Waals surface area contributed by atoms with E-state index in [0.29, 0.717) is 5.01 Å². The zero-order valence-corrected chi connectivity index (χ0v) is 8.37. The first-order valence-electron chi connectivity index (χ1n) is 3.88. The number of rotatable bonds is 4. The van der Waals surface area contributed by atoms with E-state index in [-0.39, 0.29) is 6.42 Å². The second-order valence-corrected chi connectivity index (χ2v) is 4.08. The number of nitrogens with two attached hydrogens (primary N) is 1. The molecule has 1 aromatic heterocycles. The third-order valence-electron chi connectivity index (χ3n) is 2.00. The minimum atomic E-state index is -1.57. The van der Waals surface area contributed by atoms with E-state index in [9.17, 15) is 9.59 Å². The zero-order chi connectivity index (χ0) is 10.8. The predicted molar refractivity (Wildman–Crippen MR) is 50.8 cm³/mol. The number of aliphatic carboxylic acids is 1. The molecule has 1 rings (SSSR count). The molecule has 6 heteroatoms. The van der Waals surface area contributed by atoms with E-state index in [0.717, 1.165) is 0 Å². The molecule has 0 aliphatic carbocycles. The van der Waals surface area contributed by atoms with Crippen molar-refractivity contribution in [2.45, 2.75) is 13.3 Å². The lowest BCUT2D eigenvalue weighted by Gasteiger charge is -2.18. The van der Waals surface area contributed by atoms with Crippen LogP contribution in [0.2, 0.25) is 0 Å². The van der Waals surface area contributed by atoms with Gasteiger partial charge < -0.3 is 10.8 Å². The zero-order valence-electron chi connectivity index (χ0n) is 7.56. The molecule has 1 atom stereocenters. The third kappa shape index (κ3) is 1.90.